The molecule has 2 rings (SSSR count). The molecule has 72 valence electrons. The fourth-order valence-corrected chi connectivity index (χ4v) is 1.71. The third-order valence-electron chi connectivity index (χ3n) is 2.36. The number of nitrogens with zero attached hydrogens (tertiary/aromatic N) is 2. The second-order valence-corrected chi connectivity index (χ2v) is 3.31. The van der Waals surface area contributed by atoms with Gasteiger partial charge in [-0.2, -0.15) is 5.10 Å². The zero-order chi connectivity index (χ0) is 9.10. The maximum absolute atomic E-state index is 5.33. The maximum Gasteiger partial charge on any atom is 0.0778 e. The van der Waals surface area contributed by atoms with Crippen LogP contribution in [-0.2, 0) is 11.3 Å². The molecular weight excluding hydrogens is 166 g/mol. The van der Waals surface area contributed by atoms with E-state index in [1.807, 2.05) is 13.2 Å². The molecule has 1 fully saturated rings. The van der Waals surface area contributed by atoms with E-state index in [1.54, 1.807) is 0 Å². The van der Waals surface area contributed by atoms with Crippen LogP contribution >= 0.6 is 0 Å². The van der Waals surface area contributed by atoms with Crippen LogP contribution in [-0.4, -0.2) is 30.0 Å². The normalized spacial score (nSPS) is 22.4. The summed E-state index contributed by atoms with van der Waals surface area (Å²) in [6.07, 6.45) is 2.93. The molecule has 13 heavy (non-hydrogen) atoms. The Bertz CT molecular complexity index is 266. The minimum atomic E-state index is 0.443. The van der Waals surface area contributed by atoms with Crippen molar-refractivity contribution >= 4 is 0 Å². The summed E-state index contributed by atoms with van der Waals surface area (Å²) < 4.78 is 7.41. The average Bonchev–Trinajstić information content (AvgIpc) is 2.71. The Labute approximate surface area is 77.9 Å². The monoisotopic (exact) mass is 181 g/mol. The Kier molecular flexibility index (Phi) is 2.61. The molecule has 1 saturated heterocycles. The van der Waals surface area contributed by atoms with Gasteiger partial charge in [0, 0.05) is 19.3 Å². The quantitative estimate of drug-likeness (QED) is 0.740. The van der Waals surface area contributed by atoms with E-state index < -0.39 is 0 Å². The molecule has 4 heteroatoms. The Morgan fingerprint density at radius 3 is 3.38 bits per heavy atom. The summed E-state index contributed by atoms with van der Waals surface area (Å²) in [5.74, 6) is 0. The van der Waals surface area contributed by atoms with E-state index in [9.17, 15) is 0 Å². The van der Waals surface area contributed by atoms with Crippen molar-refractivity contribution in [2.45, 2.75) is 19.0 Å². The zero-order valence-corrected chi connectivity index (χ0v) is 7.86. The lowest BCUT2D eigenvalue weighted by molar-refractivity contribution is 0.184. The van der Waals surface area contributed by atoms with E-state index in [4.69, 9.17) is 4.74 Å². The van der Waals surface area contributed by atoms with Gasteiger partial charge in [0.05, 0.1) is 18.3 Å². The van der Waals surface area contributed by atoms with Crippen LogP contribution in [0, 0.1) is 0 Å². The van der Waals surface area contributed by atoms with E-state index in [0.717, 1.165) is 26.2 Å². The van der Waals surface area contributed by atoms with E-state index in [1.165, 1.54) is 5.69 Å². The number of hydrogen-bond acceptors (Lipinski definition) is 3. The van der Waals surface area contributed by atoms with Gasteiger partial charge in [-0.25, -0.2) is 0 Å². The lowest BCUT2D eigenvalue weighted by atomic mass is 10.2. The van der Waals surface area contributed by atoms with Crippen molar-refractivity contribution in [2.24, 2.45) is 0 Å². The number of aromatic nitrogens is 2. The highest BCUT2D eigenvalue weighted by molar-refractivity contribution is 5.02. The van der Waals surface area contributed by atoms with Crippen LogP contribution in [0.3, 0.4) is 0 Å². The van der Waals surface area contributed by atoms with Crippen molar-refractivity contribution < 1.29 is 4.74 Å². The van der Waals surface area contributed by atoms with Gasteiger partial charge in [-0.3, -0.25) is 4.68 Å². The summed E-state index contributed by atoms with van der Waals surface area (Å²) in [4.78, 5) is 0. The fraction of sp³-hybridized carbons (Fsp3) is 0.667. The van der Waals surface area contributed by atoms with Crippen LogP contribution < -0.4 is 5.32 Å². The van der Waals surface area contributed by atoms with Gasteiger partial charge >= 0.3 is 0 Å². The van der Waals surface area contributed by atoms with Crippen molar-refractivity contribution in [1.29, 1.82) is 0 Å². The minimum Gasteiger partial charge on any atom is -0.379 e. The molecule has 1 aromatic rings. The Morgan fingerprint density at radius 2 is 2.69 bits per heavy atom. The summed E-state index contributed by atoms with van der Waals surface area (Å²) in [6.45, 7) is 2.54. The number of rotatable bonds is 3. The van der Waals surface area contributed by atoms with Crippen molar-refractivity contribution in [2.75, 3.05) is 20.3 Å². The van der Waals surface area contributed by atoms with Gasteiger partial charge in [0.25, 0.3) is 0 Å². The standard InChI is InChI=1S/C9H15N3O/c1-10-6-8-2-4-11-12(8)9-3-5-13-7-9/h2,4,9-10H,3,5-7H2,1H3. The van der Waals surface area contributed by atoms with E-state index >= 15 is 0 Å². The van der Waals surface area contributed by atoms with Crippen LogP contribution in [0.5, 0.6) is 0 Å². The first-order chi connectivity index (χ1) is 6.42. The first-order valence-electron chi connectivity index (χ1n) is 4.66. The van der Waals surface area contributed by atoms with Gasteiger partial charge in [-0.15, -0.1) is 0 Å². The first kappa shape index (κ1) is 8.72. The molecular formula is C9H15N3O. The molecule has 4 nitrogen and oxygen atoms in total. The highest BCUT2D eigenvalue weighted by Gasteiger charge is 2.19. The maximum atomic E-state index is 5.33. The van der Waals surface area contributed by atoms with E-state index in [0.29, 0.717) is 6.04 Å². The van der Waals surface area contributed by atoms with Gasteiger partial charge in [-0.05, 0) is 19.5 Å². The van der Waals surface area contributed by atoms with Gasteiger partial charge in [0.1, 0.15) is 0 Å². The number of nitrogens with one attached hydrogen (secondary N) is 1. The van der Waals surface area contributed by atoms with Gasteiger partial charge in [-0.1, -0.05) is 0 Å². The third-order valence-corrected chi connectivity index (χ3v) is 2.36. The van der Waals surface area contributed by atoms with Gasteiger partial charge in [0.15, 0.2) is 0 Å². The molecule has 0 radical (unpaired) electrons. The summed E-state index contributed by atoms with van der Waals surface area (Å²) in [5, 5.41) is 7.45. The SMILES string of the molecule is CNCc1ccnn1C1CCOC1. The molecule has 1 atom stereocenters. The summed E-state index contributed by atoms with van der Waals surface area (Å²) in [5.41, 5.74) is 1.23. The van der Waals surface area contributed by atoms with Crippen LogP contribution in [0.1, 0.15) is 18.2 Å². The first-order valence-corrected chi connectivity index (χ1v) is 4.66. The highest BCUT2D eigenvalue weighted by Crippen LogP contribution is 2.19. The minimum absolute atomic E-state index is 0.443. The lowest BCUT2D eigenvalue weighted by Crippen LogP contribution is -2.17. The topological polar surface area (TPSA) is 39.1 Å². The average molecular weight is 181 g/mol. The number of ether oxygens (including phenoxy) is 1. The third kappa shape index (κ3) is 1.73. The molecule has 0 amide bonds. The Morgan fingerprint density at radius 1 is 1.77 bits per heavy atom. The second-order valence-electron chi connectivity index (χ2n) is 3.31. The molecule has 0 spiro atoms. The van der Waals surface area contributed by atoms with Crippen molar-refractivity contribution in [3.05, 3.63) is 18.0 Å². The van der Waals surface area contributed by atoms with E-state index in [2.05, 4.69) is 21.2 Å². The second kappa shape index (κ2) is 3.89. The molecule has 2 heterocycles. The summed E-state index contributed by atoms with van der Waals surface area (Å²) in [7, 11) is 1.95. The molecule has 1 N–H and O–H groups in total. The smallest absolute Gasteiger partial charge is 0.0778 e. The van der Waals surface area contributed by atoms with Gasteiger partial charge in [0.2, 0.25) is 0 Å². The van der Waals surface area contributed by atoms with Gasteiger partial charge < -0.3 is 10.1 Å². The molecule has 0 aromatic carbocycles. The molecule has 1 aliphatic heterocycles. The largest absolute Gasteiger partial charge is 0.379 e. The molecule has 0 aliphatic carbocycles. The van der Waals surface area contributed by atoms with Crippen molar-refractivity contribution in [3.8, 4) is 0 Å². The predicted octanol–water partition coefficient (Wildman–Crippen LogP) is 0.564. The molecule has 1 unspecified atom stereocenters. The van der Waals surface area contributed by atoms with Crippen LogP contribution in [0.2, 0.25) is 0 Å². The number of hydrogen-bond donors (Lipinski definition) is 1. The van der Waals surface area contributed by atoms with Crippen LogP contribution in [0.25, 0.3) is 0 Å². The highest BCUT2D eigenvalue weighted by atomic mass is 16.5. The van der Waals surface area contributed by atoms with Crippen molar-refractivity contribution in [3.63, 3.8) is 0 Å². The summed E-state index contributed by atoms with van der Waals surface area (Å²) in [6, 6.07) is 2.49. The van der Waals surface area contributed by atoms with Crippen molar-refractivity contribution in [1.82, 2.24) is 15.1 Å². The molecule has 0 bridgehead atoms. The molecule has 0 saturated carbocycles. The lowest BCUT2D eigenvalue weighted by Gasteiger charge is -2.12. The summed E-state index contributed by atoms with van der Waals surface area (Å²) >= 11 is 0. The molecule has 1 aromatic heterocycles. The van der Waals surface area contributed by atoms with Crippen LogP contribution in [0.15, 0.2) is 12.3 Å². The Balaban J connectivity index is 2.13. The zero-order valence-electron chi connectivity index (χ0n) is 7.86. The van der Waals surface area contributed by atoms with Crippen LogP contribution in [0.4, 0.5) is 0 Å². The van der Waals surface area contributed by atoms with E-state index in [-0.39, 0.29) is 0 Å². The Hall–Kier alpha value is -0.870. The predicted molar refractivity (Wildman–Crippen MR) is 49.5 cm³/mol. The fourth-order valence-electron chi connectivity index (χ4n) is 1.71. The molecule has 1 aliphatic rings.